The minimum atomic E-state index is -0.0313. The molecule has 5 heteroatoms. The van der Waals surface area contributed by atoms with Crippen LogP contribution in [0.5, 0.6) is 5.75 Å². The van der Waals surface area contributed by atoms with Crippen molar-refractivity contribution in [3.8, 4) is 5.75 Å². The van der Waals surface area contributed by atoms with Crippen LogP contribution in [0.15, 0.2) is 52.9 Å². The van der Waals surface area contributed by atoms with Crippen LogP contribution in [-0.4, -0.2) is 36.8 Å². The SMILES string of the molecule is COc1ccc2oc(C(=O)N3CCSC(c4ccccc4C)CC3)cc2c1. The number of hydrogen-bond donors (Lipinski definition) is 0. The van der Waals surface area contributed by atoms with E-state index in [0.29, 0.717) is 16.6 Å². The van der Waals surface area contributed by atoms with Gasteiger partial charge in [0.2, 0.25) is 0 Å². The van der Waals surface area contributed by atoms with Crippen molar-refractivity contribution < 1.29 is 13.9 Å². The highest BCUT2D eigenvalue weighted by Gasteiger charge is 2.25. The number of amides is 1. The number of hydrogen-bond acceptors (Lipinski definition) is 4. The lowest BCUT2D eigenvalue weighted by molar-refractivity contribution is 0.0737. The van der Waals surface area contributed by atoms with E-state index in [1.54, 1.807) is 7.11 Å². The van der Waals surface area contributed by atoms with Crippen molar-refractivity contribution in [2.24, 2.45) is 0 Å². The maximum absolute atomic E-state index is 13.0. The Hall–Kier alpha value is -2.40. The number of fused-ring (bicyclic) bond motifs is 1. The van der Waals surface area contributed by atoms with Gasteiger partial charge in [0.05, 0.1) is 7.11 Å². The molecule has 3 aromatic rings. The van der Waals surface area contributed by atoms with Gasteiger partial charge in [0, 0.05) is 29.5 Å². The number of ether oxygens (including phenoxy) is 1. The number of carbonyl (C=O) groups is 1. The summed E-state index contributed by atoms with van der Waals surface area (Å²) in [6.45, 7) is 3.64. The van der Waals surface area contributed by atoms with E-state index in [1.165, 1.54) is 11.1 Å². The van der Waals surface area contributed by atoms with Crippen molar-refractivity contribution in [1.82, 2.24) is 4.90 Å². The van der Waals surface area contributed by atoms with Gasteiger partial charge in [-0.25, -0.2) is 0 Å². The maximum atomic E-state index is 13.0. The zero-order chi connectivity index (χ0) is 18.8. The van der Waals surface area contributed by atoms with Crippen LogP contribution in [0, 0.1) is 6.92 Å². The summed E-state index contributed by atoms with van der Waals surface area (Å²) in [5.74, 6) is 2.06. The van der Waals surface area contributed by atoms with Gasteiger partial charge in [0.25, 0.3) is 5.91 Å². The Bertz CT molecular complexity index is 965. The van der Waals surface area contributed by atoms with Gasteiger partial charge in [0.1, 0.15) is 11.3 Å². The molecule has 27 heavy (non-hydrogen) atoms. The Morgan fingerprint density at radius 1 is 1.19 bits per heavy atom. The number of furan rings is 1. The Morgan fingerprint density at radius 2 is 2.04 bits per heavy atom. The summed E-state index contributed by atoms with van der Waals surface area (Å²) in [5.41, 5.74) is 3.41. The Labute approximate surface area is 163 Å². The second-order valence-electron chi connectivity index (χ2n) is 6.81. The van der Waals surface area contributed by atoms with Crippen molar-refractivity contribution in [1.29, 1.82) is 0 Å². The second kappa shape index (κ2) is 7.69. The third-order valence-corrected chi connectivity index (χ3v) is 6.41. The third kappa shape index (κ3) is 3.69. The molecule has 1 aromatic heterocycles. The van der Waals surface area contributed by atoms with Gasteiger partial charge >= 0.3 is 0 Å². The van der Waals surface area contributed by atoms with E-state index in [2.05, 4.69) is 31.2 Å². The first-order valence-electron chi connectivity index (χ1n) is 9.19. The standard InChI is InChI=1S/C22H23NO3S/c1-15-5-3-4-6-18(15)21-9-10-23(11-12-27-21)22(24)20-14-16-13-17(25-2)7-8-19(16)26-20/h3-8,13-14,21H,9-12H2,1-2H3. The second-order valence-corrected chi connectivity index (χ2v) is 8.12. The highest BCUT2D eigenvalue weighted by atomic mass is 32.2. The summed E-state index contributed by atoms with van der Waals surface area (Å²) in [4.78, 5) is 14.9. The zero-order valence-corrected chi connectivity index (χ0v) is 16.4. The minimum Gasteiger partial charge on any atom is -0.497 e. The van der Waals surface area contributed by atoms with Crippen LogP contribution in [0.3, 0.4) is 0 Å². The maximum Gasteiger partial charge on any atom is 0.289 e. The monoisotopic (exact) mass is 381 g/mol. The molecule has 1 aliphatic rings. The first kappa shape index (κ1) is 18.0. The van der Waals surface area contributed by atoms with Gasteiger partial charge in [-0.15, -0.1) is 0 Å². The molecule has 1 aliphatic heterocycles. The van der Waals surface area contributed by atoms with Crippen LogP contribution in [0.25, 0.3) is 11.0 Å². The number of benzene rings is 2. The largest absolute Gasteiger partial charge is 0.497 e. The lowest BCUT2D eigenvalue weighted by Gasteiger charge is -2.19. The van der Waals surface area contributed by atoms with Crippen LogP contribution in [0.2, 0.25) is 0 Å². The molecular weight excluding hydrogens is 358 g/mol. The molecule has 1 atom stereocenters. The fraction of sp³-hybridized carbons (Fsp3) is 0.318. The summed E-state index contributed by atoms with van der Waals surface area (Å²) in [6, 6.07) is 15.9. The lowest BCUT2D eigenvalue weighted by Crippen LogP contribution is -2.32. The first-order chi connectivity index (χ1) is 13.2. The van der Waals surface area contributed by atoms with Crippen molar-refractivity contribution in [3.05, 3.63) is 65.4 Å². The zero-order valence-electron chi connectivity index (χ0n) is 15.6. The number of methoxy groups -OCH3 is 1. The quantitative estimate of drug-likeness (QED) is 0.635. The number of thioether (sulfide) groups is 1. The van der Waals surface area contributed by atoms with E-state index in [-0.39, 0.29) is 5.91 Å². The molecule has 1 saturated heterocycles. The van der Waals surface area contributed by atoms with Crippen LogP contribution < -0.4 is 4.74 Å². The number of nitrogens with zero attached hydrogens (tertiary/aromatic N) is 1. The molecule has 1 amide bonds. The van der Waals surface area contributed by atoms with Crippen LogP contribution in [0.1, 0.15) is 33.4 Å². The van der Waals surface area contributed by atoms with Crippen LogP contribution >= 0.6 is 11.8 Å². The molecule has 0 radical (unpaired) electrons. The Balaban J connectivity index is 1.50. The molecule has 0 bridgehead atoms. The summed E-state index contributed by atoms with van der Waals surface area (Å²) < 4.78 is 11.0. The summed E-state index contributed by atoms with van der Waals surface area (Å²) in [5, 5.41) is 1.32. The summed E-state index contributed by atoms with van der Waals surface area (Å²) in [6.07, 6.45) is 0.954. The van der Waals surface area contributed by atoms with E-state index in [9.17, 15) is 4.79 Å². The first-order valence-corrected chi connectivity index (χ1v) is 10.2. The molecule has 0 spiro atoms. The number of aryl methyl sites for hydroxylation is 1. The van der Waals surface area contributed by atoms with Crippen molar-refractivity contribution in [3.63, 3.8) is 0 Å². The molecule has 0 saturated carbocycles. The van der Waals surface area contributed by atoms with Crippen molar-refractivity contribution >= 4 is 28.6 Å². The molecule has 140 valence electrons. The predicted octanol–water partition coefficient (Wildman–Crippen LogP) is 5.07. The molecule has 1 fully saturated rings. The average molecular weight is 381 g/mol. The third-order valence-electron chi connectivity index (χ3n) is 5.10. The van der Waals surface area contributed by atoms with E-state index in [1.807, 2.05) is 40.9 Å². The highest BCUT2D eigenvalue weighted by molar-refractivity contribution is 7.99. The fourth-order valence-corrected chi connectivity index (χ4v) is 4.91. The molecule has 2 heterocycles. The number of rotatable bonds is 3. The Kier molecular flexibility index (Phi) is 5.12. The van der Waals surface area contributed by atoms with Crippen molar-refractivity contribution in [2.75, 3.05) is 26.0 Å². The van der Waals surface area contributed by atoms with Crippen LogP contribution in [0.4, 0.5) is 0 Å². The van der Waals surface area contributed by atoms with Crippen molar-refractivity contribution in [2.45, 2.75) is 18.6 Å². The molecule has 0 aliphatic carbocycles. The average Bonchev–Trinajstić information content (AvgIpc) is 2.96. The van der Waals surface area contributed by atoms with Gasteiger partial charge in [-0.2, -0.15) is 11.8 Å². The number of carbonyl (C=O) groups excluding carboxylic acids is 1. The lowest BCUT2D eigenvalue weighted by atomic mass is 10.0. The van der Waals surface area contributed by atoms with Gasteiger partial charge in [-0.05, 0) is 48.7 Å². The molecule has 1 unspecified atom stereocenters. The smallest absolute Gasteiger partial charge is 0.289 e. The molecule has 0 N–H and O–H groups in total. The van der Waals surface area contributed by atoms with Gasteiger partial charge < -0.3 is 14.1 Å². The van der Waals surface area contributed by atoms with E-state index < -0.39 is 0 Å². The topological polar surface area (TPSA) is 42.7 Å². The molecule has 4 rings (SSSR count). The van der Waals surface area contributed by atoms with Crippen LogP contribution in [-0.2, 0) is 0 Å². The highest BCUT2D eigenvalue weighted by Crippen LogP contribution is 2.36. The molecule has 2 aromatic carbocycles. The summed E-state index contributed by atoms with van der Waals surface area (Å²) >= 11 is 1.94. The fourth-order valence-electron chi connectivity index (χ4n) is 3.58. The van der Waals surface area contributed by atoms with Gasteiger partial charge in [0.15, 0.2) is 5.76 Å². The van der Waals surface area contributed by atoms with Gasteiger partial charge in [-0.3, -0.25) is 4.79 Å². The van der Waals surface area contributed by atoms with E-state index in [4.69, 9.17) is 9.15 Å². The normalized spacial score (nSPS) is 17.7. The molecule has 4 nitrogen and oxygen atoms in total. The summed E-state index contributed by atoms with van der Waals surface area (Å²) in [7, 11) is 1.63. The van der Waals surface area contributed by atoms with E-state index >= 15 is 0 Å². The molecular formula is C22H23NO3S. The Morgan fingerprint density at radius 3 is 2.85 bits per heavy atom. The van der Waals surface area contributed by atoms with Gasteiger partial charge in [-0.1, -0.05) is 24.3 Å². The minimum absolute atomic E-state index is 0.0313. The predicted molar refractivity (Wildman–Crippen MR) is 110 cm³/mol. The van der Waals surface area contributed by atoms with E-state index in [0.717, 1.165) is 36.4 Å².